The molecule has 0 aromatic rings. The molecule has 0 bridgehead atoms. The van der Waals surface area contributed by atoms with Gasteiger partial charge in [-0.25, -0.2) is 0 Å². The molecule has 4 heteroatoms. The number of hydrogen-bond donors (Lipinski definition) is 0. The van der Waals surface area contributed by atoms with Crippen molar-refractivity contribution in [2.45, 2.75) is 50.2 Å². The molecule has 1 saturated carbocycles. The van der Waals surface area contributed by atoms with Crippen molar-refractivity contribution < 1.29 is 14.3 Å². The van der Waals surface area contributed by atoms with Crippen LogP contribution in [0.2, 0.25) is 0 Å². The second-order valence-electron chi connectivity index (χ2n) is 5.34. The number of carbonyl (C=O) groups is 1. The smallest absolute Gasteiger partial charge is 0.306 e. The van der Waals surface area contributed by atoms with Crippen molar-refractivity contribution in [2.75, 3.05) is 27.3 Å². The highest BCUT2D eigenvalue weighted by Crippen LogP contribution is 2.43. The molecule has 1 aliphatic heterocycles. The van der Waals surface area contributed by atoms with Gasteiger partial charge in [0.25, 0.3) is 0 Å². The molecule has 1 heterocycles. The second-order valence-corrected chi connectivity index (χ2v) is 5.34. The number of methoxy groups -OCH3 is 1. The van der Waals surface area contributed by atoms with E-state index in [4.69, 9.17) is 4.74 Å². The summed E-state index contributed by atoms with van der Waals surface area (Å²) >= 11 is 0. The minimum atomic E-state index is -0.123. The fourth-order valence-corrected chi connectivity index (χ4v) is 2.85. The summed E-state index contributed by atoms with van der Waals surface area (Å²) in [4.78, 5) is 13.4. The van der Waals surface area contributed by atoms with Crippen molar-refractivity contribution in [2.24, 2.45) is 0 Å². The van der Waals surface area contributed by atoms with Crippen molar-refractivity contribution in [1.82, 2.24) is 4.90 Å². The van der Waals surface area contributed by atoms with E-state index in [2.05, 4.69) is 16.7 Å². The quantitative estimate of drug-likeness (QED) is 0.701. The van der Waals surface area contributed by atoms with E-state index in [-0.39, 0.29) is 11.6 Å². The number of carbonyl (C=O) groups excluding carboxylic acids is 1. The van der Waals surface area contributed by atoms with Gasteiger partial charge in [0, 0.05) is 19.2 Å². The summed E-state index contributed by atoms with van der Waals surface area (Å²) in [6.07, 6.45) is 6.43. The van der Waals surface area contributed by atoms with Crippen LogP contribution in [0.3, 0.4) is 0 Å². The van der Waals surface area contributed by atoms with Gasteiger partial charge in [-0.1, -0.05) is 0 Å². The molecule has 0 N–H and O–H groups in total. The first kappa shape index (κ1) is 12.8. The van der Waals surface area contributed by atoms with E-state index >= 15 is 0 Å². The molecular formula is C13H23NO3. The molecule has 1 atom stereocenters. The largest absolute Gasteiger partial charge is 0.469 e. The van der Waals surface area contributed by atoms with Crippen molar-refractivity contribution in [3.05, 3.63) is 0 Å². The van der Waals surface area contributed by atoms with E-state index in [9.17, 15) is 4.79 Å². The van der Waals surface area contributed by atoms with Gasteiger partial charge in [-0.15, -0.1) is 0 Å². The summed E-state index contributed by atoms with van der Waals surface area (Å²) in [7, 11) is 3.55. The topological polar surface area (TPSA) is 38.8 Å². The van der Waals surface area contributed by atoms with Gasteiger partial charge in [-0.3, -0.25) is 4.79 Å². The Labute approximate surface area is 103 Å². The summed E-state index contributed by atoms with van der Waals surface area (Å²) < 4.78 is 10.6. The zero-order valence-corrected chi connectivity index (χ0v) is 10.9. The molecule has 17 heavy (non-hydrogen) atoms. The standard InChI is InChI=1S/C13H23NO3/c1-14(8-4-12(15)16-2)11-5-9-17-13(10-11)6-3-7-13/h11H,3-10H2,1-2H3. The summed E-state index contributed by atoms with van der Waals surface area (Å²) in [5, 5.41) is 0. The lowest BCUT2D eigenvalue weighted by molar-refractivity contribution is -0.148. The molecule has 4 nitrogen and oxygen atoms in total. The highest BCUT2D eigenvalue weighted by Gasteiger charge is 2.43. The Balaban J connectivity index is 1.78. The van der Waals surface area contributed by atoms with Gasteiger partial charge in [-0.2, -0.15) is 0 Å². The molecule has 2 fully saturated rings. The normalized spacial score (nSPS) is 26.9. The van der Waals surface area contributed by atoms with Crippen LogP contribution < -0.4 is 0 Å². The first-order chi connectivity index (χ1) is 8.15. The molecule has 1 saturated heterocycles. The lowest BCUT2D eigenvalue weighted by Gasteiger charge is -2.49. The van der Waals surface area contributed by atoms with Crippen molar-refractivity contribution in [1.29, 1.82) is 0 Å². The molecule has 1 unspecified atom stereocenters. The Bertz CT molecular complexity index is 276. The van der Waals surface area contributed by atoms with Crippen LogP contribution in [-0.4, -0.2) is 49.8 Å². The average Bonchev–Trinajstić information content (AvgIpc) is 2.33. The third-order valence-corrected chi connectivity index (χ3v) is 4.25. The Morgan fingerprint density at radius 3 is 2.88 bits per heavy atom. The van der Waals surface area contributed by atoms with Gasteiger partial charge in [0.05, 0.1) is 19.1 Å². The maximum atomic E-state index is 11.1. The van der Waals surface area contributed by atoms with E-state index in [1.54, 1.807) is 0 Å². The van der Waals surface area contributed by atoms with Gasteiger partial charge in [0.15, 0.2) is 0 Å². The highest BCUT2D eigenvalue weighted by molar-refractivity contribution is 5.69. The van der Waals surface area contributed by atoms with Crippen LogP contribution in [0.5, 0.6) is 0 Å². The number of ether oxygens (including phenoxy) is 2. The lowest BCUT2D eigenvalue weighted by Crippen LogP contribution is -2.51. The van der Waals surface area contributed by atoms with Gasteiger partial charge in [0.1, 0.15) is 0 Å². The first-order valence-electron chi connectivity index (χ1n) is 6.56. The molecule has 1 aliphatic carbocycles. The minimum Gasteiger partial charge on any atom is -0.469 e. The summed E-state index contributed by atoms with van der Waals surface area (Å²) in [6, 6.07) is 0.564. The van der Waals surface area contributed by atoms with E-state index in [1.165, 1.54) is 26.4 Å². The molecule has 0 aromatic heterocycles. The monoisotopic (exact) mass is 241 g/mol. The van der Waals surface area contributed by atoms with Crippen LogP contribution in [0, 0.1) is 0 Å². The molecule has 2 rings (SSSR count). The van der Waals surface area contributed by atoms with Crippen LogP contribution in [0.4, 0.5) is 0 Å². The molecule has 1 spiro atoms. The summed E-state index contributed by atoms with van der Waals surface area (Å²) in [5.74, 6) is -0.123. The van der Waals surface area contributed by atoms with Crippen LogP contribution in [0.15, 0.2) is 0 Å². The number of hydrogen-bond acceptors (Lipinski definition) is 4. The van der Waals surface area contributed by atoms with Crippen LogP contribution >= 0.6 is 0 Å². The van der Waals surface area contributed by atoms with Gasteiger partial charge < -0.3 is 14.4 Å². The Kier molecular flexibility index (Phi) is 4.05. The van der Waals surface area contributed by atoms with Gasteiger partial charge in [0.2, 0.25) is 0 Å². The SMILES string of the molecule is COC(=O)CCN(C)C1CCOC2(CCC2)C1. The van der Waals surface area contributed by atoms with Crippen molar-refractivity contribution >= 4 is 5.97 Å². The van der Waals surface area contributed by atoms with E-state index < -0.39 is 0 Å². The number of rotatable bonds is 4. The van der Waals surface area contributed by atoms with Gasteiger partial charge >= 0.3 is 5.97 Å². The minimum absolute atomic E-state index is 0.123. The summed E-state index contributed by atoms with van der Waals surface area (Å²) in [5.41, 5.74) is 0.183. The maximum absolute atomic E-state index is 11.1. The van der Waals surface area contributed by atoms with Crippen LogP contribution in [0.1, 0.15) is 38.5 Å². The third kappa shape index (κ3) is 2.99. The molecule has 2 aliphatic rings. The predicted octanol–water partition coefficient (Wildman–Crippen LogP) is 1.58. The van der Waals surface area contributed by atoms with E-state index in [0.717, 1.165) is 26.0 Å². The predicted molar refractivity (Wildman–Crippen MR) is 64.8 cm³/mol. The Hall–Kier alpha value is -0.610. The third-order valence-electron chi connectivity index (χ3n) is 4.25. The zero-order chi connectivity index (χ0) is 12.3. The maximum Gasteiger partial charge on any atom is 0.306 e. The molecule has 0 amide bonds. The summed E-state index contributed by atoms with van der Waals surface area (Å²) in [6.45, 7) is 1.65. The van der Waals surface area contributed by atoms with Crippen molar-refractivity contribution in [3.63, 3.8) is 0 Å². The molecule has 0 radical (unpaired) electrons. The zero-order valence-electron chi connectivity index (χ0n) is 10.9. The molecule has 0 aromatic carbocycles. The van der Waals surface area contributed by atoms with Crippen LogP contribution in [0.25, 0.3) is 0 Å². The van der Waals surface area contributed by atoms with Crippen molar-refractivity contribution in [3.8, 4) is 0 Å². The number of esters is 1. The van der Waals surface area contributed by atoms with E-state index in [1.807, 2.05) is 0 Å². The fourth-order valence-electron chi connectivity index (χ4n) is 2.85. The number of nitrogens with zero attached hydrogens (tertiary/aromatic N) is 1. The second kappa shape index (κ2) is 5.36. The lowest BCUT2D eigenvalue weighted by atomic mass is 9.73. The average molecular weight is 241 g/mol. The van der Waals surface area contributed by atoms with E-state index in [0.29, 0.717) is 12.5 Å². The van der Waals surface area contributed by atoms with Crippen LogP contribution in [-0.2, 0) is 14.3 Å². The first-order valence-corrected chi connectivity index (χ1v) is 6.56. The highest BCUT2D eigenvalue weighted by atomic mass is 16.5. The molecular weight excluding hydrogens is 218 g/mol. The molecule has 98 valence electrons. The Morgan fingerprint density at radius 2 is 2.29 bits per heavy atom. The fraction of sp³-hybridized carbons (Fsp3) is 0.923. The van der Waals surface area contributed by atoms with Gasteiger partial charge in [-0.05, 0) is 39.2 Å². The Morgan fingerprint density at radius 1 is 1.53 bits per heavy atom.